The van der Waals surface area contributed by atoms with Crippen molar-refractivity contribution in [1.82, 2.24) is 0 Å². The van der Waals surface area contributed by atoms with Crippen LogP contribution in [0.2, 0.25) is 0 Å². The number of nitrogens with two attached hydrogens (primary N) is 1. The summed E-state index contributed by atoms with van der Waals surface area (Å²) in [6.07, 6.45) is 1.45. The summed E-state index contributed by atoms with van der Waals surface area (Å²) in [4.78, 5) is 12.6. The van der Waals surface area contributed by atoms with Gasteiger partial charge in [0, 0.05) is 5.69 Å². The number of benzene rings is 1. The molecule has 0 bridgehead atoms. The minimum Gasteiger partial charge on any atom is -0.497 e. The van der Waals surface area contributed by atoms with Crippen molar-refractivity contribution in [2.75, 3.05) is 12.4 Å². The van der Waals surface area contributed by atoms with Gasteiger partial charge in [-0.3, -0.25) is 4.79 Å². The second kappa shape index (κ2) is 5.17. The van der Waals surface area contributed by atoms with E-state index in [0.29, 0.717) is 5.92 Å². The SMILES string of the molecule is COc1ccc(NC(=O)C2(C(N)=S)CC(C)C2)cc1. The first-order chi connectivity index (χ1) is 8.98. The number of anilines is 1. The number of hydrogen-bond acceptors (Lipinski definition) is 3. The van der Waals surface area contributed by atoms with Crippen LogP contribution >= 0.6 is 12.2 Å². The molecule has 3 N–H and O–H groups in total. The van der Waals surface area contributed by atoms with Crippen LogP contribution < -0.4 is 15.8 Å². The van der Waals surface area contributed by atoms with E-state index in [2.05, 4.69) is 12.2 Å². The molecule has 1 aliphatic carbocycles. The van der Waals surface area contributed by atoms with Crippen molar-refractivity contribution in [3.8, 4) is 5.75 Å². The number of rotatable bonds is 4. The molecule has 102 valence electrons. The van der Waals surface area contributed by atoms with E-state index in [1.807, 2.05) is 0 Å². The fourth-order valence-corrected chi connectivity index (χ4v) is 2.81. The first kappa shape index (κ1) is 13.8. The predicted octanol–water partition coefficient (Wildman–Crippen LogP) is 2.34. The number of methoxy groups -OCH3 is 1. The molecule has 2 rings (SSSR count). The van der Waals surface area contributed by atoms with Crippen molar-refractivity contribution in [2.45, 2.75) is 19.8 Å². The van der Waals surface area contributed by atoms with Crippen molar-refractivity contribution in [2.24, 2.45) is 17.1 Å². The Labute approximate surface area is 118 Å². The molecule has 0 aliphatic heterocycles. The van der Waals surface area contributed by atoms with E-state index in [4.69, 9.17) is 22.7 Å². The molecule has 0 heterocycles. The Bertz CT molecular complexity index is 493. The van der Waals surface area contributed by atoms with Gasteiger partial charge in [0.2, 0.25) is 5.91 Å². The number of hydrogen-bond donors (Lipinski definition) is 2. The summed E-state index contributed by atoms with van der Waals surface area (Å²) in [6, 6.07) is 7.19. The molecule has 19 heavy (non-hydrogen) atoms. The normalized spacial score (nSPS) is 25.3. The number of amides is 1. The van der Waals surface area contributed by atoms with Gasteiger partial charge in [-0.05, 0) is 43.0 Å². The van der Waals surface area contributed by atoms with Crippen LogP contribution in [0.3, 0.4) is 0 Å². The summed E-state index contributed by atoms with van der Waals surface area (Å²) in [5.41, 5.74) is 5.80. The monoisotopic (exact) mass is 278 g/mol. The molecule has 5 heteroatoms. The Morgan fingerprint density at radius 2 is 2.00 bits per heavy atom. The van der Waals surface area contributed by atoms with Crippen LogP contribution in [-0.4, -0.2) is 18.0 Å². The lowest BCUT2D eigenvalue weighted by atomic mass is 9.62. The minimum absolute atomic E-state index is 0.108. The molecule has 0 saturated heterocycles. The first-order valence-corrected chi connectivity index (χ1v) is 6.64. The third kappa shape index (κ3) is 2.56. The fraction of sp³-hybridized carbons (Fsp3) is 0.429. The highest BCUT2D eigenvalue weighted by Crippen LogP contribution is 2.46. The van der Waals surface area contributed by atoms with E-state index in [0.717, 1.165) is 24.3 Å². The standard InChI is InChI=1S/C14H18N2O2S/c1-9-7-14(8-9,12(15)19)13(17)16-10-3-5-11(18-2)6-4-10/h3-6,9H,7-8H2,1-2H3,(H2,15,19)(H,16,17). The van der Waals surface area contributed by atoms with Gasteiger partial charge in [-0.15, -0.1) is 0 Å². The van der Waals surface area contributed by atoms with Crippen molar-refractivity contribution in [3.05, 3.63) is 24.3 Å². The Balaban J connectivity index is 2.09. The highest BCUT2D eigenvalue weighted by atomic mass is 32.1. The second-order valence-electron chi connectivity index (χ2n) is 5.14. The Morgan fingerprint density at radius 3 is 2.42 bits per heavy atom. The molecule has 1 aromatic rings. The van der Waals surface area contributed by atoms with Gasteiger partial charge in [0.15, 0.2) is 0 Å². The molecule has 1 saturated carbocycles. The topological polar surface area (TPSA) is 64.3 Å². The van der Waals surface area contributed by atoms with E-state index in [1.54, 1.807) is 31.4 Å². The predicted molar refractivity (Wildman–Crippen MR) is 79.2 cm³/mol. The maximum atomic E-state index is 12.3. The first-order valence-electron chi connectivity index (χ1n) is 6.23. The highest BCUT2D eigenvalue weighted by molar-refractivity contribution is 7.80. The van der Waals surface area contributed by atoms with Crippen LogP contribution in [0, 0.1) is 11.3 Å². The zero-order valence-corrected chi connectivity index (χ0v) is 11.9. The third-order valence-corrected chi connectivity index (χ3v) is 4.04. The molecule has 0 aromatic heterocycles. The summed E-state index contributed by atoms with van der Waals surface area (Å²) in [5.74, 6) is 1.13. The van der Waals surface area contributed by atoms with Gasteiger partial charge in [-0.25, -0.2) is 0 Å². The molecule has 1 aromatic carbocycles. The largest absolute Gasteiger partial charge is 0.497 e. The van der Waals surface area contributed by atoms with Gasteiger partial charge in [0.25, 0.3) is 0 Å². The highest BCUT2D eigenvalue weighted by Gasteiger charge is 2.50. The van der Waals surface area contributed by atoms with Gasteiger partial charge >= 0.3 is 0 Å². The quantitative estimate of drug-likeness (QED) is 0.830. The van der Waals surface area contributed by atoms with Crippen molar-refractivity contribution < 1.29 is 9.53 Å². The Kier molecular flexibility index (Phi) is 3.75. The summed E-state index contributed by atoms with van der Waals surface area (Å²) in [5, 5.41) is 2.88. The maximum absolute atomic E-state index is 12.3. The lowest BCUT2D eigenvalue weighted by molar-refractivity contribution is -0.127. The lowest BCUT2D eigenvalue weighted by Crippen LogP contribution is -2.53. The molecular formula is C14H18N2O2S. The van der Waals surface area contributed by atoms with Crippen LogP contribution in [0.15, 0.2) is 24.3 Å². The van der Waals surface area contributed by atoms with Gasteiger partial charge in [-0.1, -0.05) is 19.1 Å². The molecule has 1 amide bonds. The smallest absolute Gasteiger partial charge is 0.237 e. The van der Waals surface area contributed by atoms with E-state index in [-0.39, 0.29) is 10.9 Å². The van der Waals surface area contributed by atoms with Gasteiger partial charge in [0.1, 0.15) is 5.75 Å². The number of nitrogens with one attached hydrogen (secondary N) is 1. The number of carbonyl (C=O) groups excluding carboxylic acids is 1. The van der Waals surface area contributed by atoms with Crippen LogP contribution in [0.4, 0.5) is 5.69 Å². The third-order valence-electron chi connectivity index (χ3n) is 3.65. The van der Waals surface area contributed by atoms with Crippen molar-refractivity contribution in [1.29, 1.82) is 0 Å². The zero-order chi connectivity index (χ0) is 14.0. The number of carbonyl (C=O) groups is 1. The van der Waals surface area contributed by atoms with Gasteiger partial charge in [-0.2, -0.15) is 0 Å². The average molecular weight is 278 g/mol. The second-order valence-corrected chi connectivity index (χ2v) is 5.58. The molecule has 0 unspecified atom stereocenters. The molecule has 0 spiro atoms. The van der Waals surface area contributed by atoms with Crippen molar-refractivity contribution >= 4 is 28.8 Å². The zero-order valence-electron chi connectivity index (χ0n) is 11.1. The average Bonchev–Trinajstić information content (AvgIpc) is 2.35. The maximum Gasteiger partial charge on any atom is 0.237 e. The summed E-state index contributed by atoms with van der Waals surface area (Å²) in [7, 11) is 1.60. The van der Waals surface area contributed by atoms with E-state index in [9.17, 15) is 4.79 Å². The Morgan fingerprint density at radius 1 is 1.42 bits per heavy atom. The van der Waals surface area contributed by atoms with Crippen LogP contribution in [0.1, 0.15) is 19.8 Å². The molecule has 0 radical (unpaired) electrons. The Hall–Kier alpha value is -1.62. The summed E-state index contributed by atoms with van der Waals surface area (Å²) in [6.45, 7) is 2.09. The van der Waals surface area contributed by atoms with E-state index < -0.39 is 5.41 Å². The van der Waals surface area contributed by atoms with Crippen LogP contribution in [0.5, 0.6) is 5.75 Å². The van der Waals surface area contributed by atoms with E-state index >= 15 is 0 Å². The molecule has 0 atom stereocenters. The van der Waals surface area contributed by atoms with E-state index in [1.165, 1.54) is 0 Å². The minimum atomic E-state index is -0.672. The van der Waals surface area contributed by atoms with Gasteiger partial charge in [0.05, 0.1) is 17.5 Å². The fourth-order valence-electron chi connectivity index (χ4n) is 2.55. The molecule has 1 fully saturated rings. The molecule has 4 nitrogen and oxygen atoms in total. The molecule has 1 aliphatic rings. The summed E-state index contributed by atoms with van der Waals surface area (Å²) >= 11 is 5.06. The number of ether oxygens (including phenoxy) is 1. The van der Waals surface area contributed by atoms with Crippen LogP contribution in [0.25, 0.3) is 0 Å². The van der Waals surface area contributed by atoms with Crippen molar-refractivity contribution in [3.63, 3.8) is 0 Å². The van der Waals surface area contributed by atoms with Crippen LogP contribution in [-0.2, 0) is 4.79 Å². The lowest BCUT2D eigenvalue weighted by Gasteiger charge is -2.44. The van der Waals surface area contributed by atoms with Gasteiger partial charge < -0.3 is 15.8 Å². The number of thiocarbonyl (C=S) groups is 1. The summed E-state index contributed by atoms with van der Waals surface area (Å²) < 4.78 is 5.07. The molecular weight excluding hydrogens is 260 g/mol.